The quantitative estimate of drug-likeness (QED) is 0.549. The fourth-order valence-electron chi connectivity index (χ4n) is 2.00. The first-order chi connectivity index (χ1) is 7.83. The van der Waals surface area contributed by atoms with Crippen LogP contribution in [-0.4, -0.2) is 42.3 Å². The number of alkyl halides is 1. The number of hydrogen-bond acceptors (Lipinski definition) is 2. The molecule has 1 amide bonds. The van der Waals surface area contributed by atoms with Gasteiger partial charge in [0.2, 0.25) is 5.91 Å². The Morgan fingerprint density at radius 3 is 2.62 bits per heavy atom. The largest absolute Gasteiger partial charge is 0.355 e. The van der Waals surface area contributed by atoms with Crippen LogP contribution in [-0.2, 0) is 4.79 Å². The minimum Gasteiger partial charge on any atom is -0.355 e. The lowest BCUT2D eigenvalue weighted by Crippen LogP contribution is -2.33. The second-order valence-corrected chi connectivity index (χ2v) is 5.19. The molecule has 0 saturated carbocycles. The normalized spacial score (nSPS) is 16.6. The molecule has 0 aromatic carbocycles. The van der Waals surface area contributed by atoms with Gasteiger partial charge in [0.1, 0.15) is 0 Å². The molecule has 0 atom stereocenters. The molecule has 0 aromatic heterocycles. The Morgan fingerprint density at radius 1 is 1.19 bits per heavy atom. The fraction of sp³-hybridized carbons (Fsp3) is 0.917. The standard InChI is InChI=1S/C12H23BrN2O/c13-7-3-1-2-6-12(16)14-8-11-15-9-4-5-10-15/h1-11H2,(H,14,16). The molecule has 1 saturated heterocycles. The highest BCUT2D eigenvalue weighted by molar-refractivity contribution is 9.09. The smallest absolute Gasteiger partial charge is 0.220 e. The molecule has 16 heavy (non-hydrogen) atoms. The van der Waals surface area contributed by atoms with Gasteiger partial charge >= 0.3 is 0 Å². The Labute approximate surface area is 107 Å². The summed E-state index contributed by atoms with van der Waals surface area (Å²) in [6, 6.07) is 0. The lowest BCUT2D eigenvalue weighted by atomic mass is 10.2. The van der Waals surface area contributed by atoms with Crippen LogP contribution in [0.1, 0.15) is 38.5 Å². The van der Waals surface area contributed by atoms with E-state index in [0.29, 0.717) is 6.42 Å². The van der Waals surface area contributed by atoms with Gasteiger partial charge in [-0.15, -0.1) is 0 Å². The van der Waals surface area contributed by atoms with Crippen LogP contribution in [0, 0.1) is 0 Å². The summed E-state index contributed by atoms with van der Waals surface area (Å²) in [6.07, 6.45) is 6.65. The summed E-state index contributed by atoms with van der Waals surface area (Å²) in [5.41, 5.74) is 0. The topological polar surface area (TPSA) is 32.3 Å². The maximum Gasteiger partial charge on any atom is 0.220 e. The van der Waals surface area contributed by atoms with Crippen LogP contribution in [0.15, 0.2) is 0 Å². The van der Waals surface area contributed by atoms with E-state index >= 15 is 0 Å². The predicted octanol–water partition coefficient (Wildman–Crippen LogP) is 2.15. The van der Waals surface area contributed by atoms with E-state index in [9.17, 15) is 4.79 Å². The van der Waals surface area contributed by atoms with Gasteiger partial charge < -0.3 is 10.2 Å². The van der Waals surface area contributed by atoms with E-state index in [-0.39, 0.29) is 5.91 Å². The molecular weight excluding hydrogens is 268 g/mol. The molecule has 3 nitrogen and oxygen atoms in total. The summed E-state index contributed by atoms with van der Waals surface area (Å²) in [5.74, 6) is 0.216. The molecule has 0 aliphatic carbocycles. The zero-order valence-electron chi connectivity index (χ0n) is 10.0. The lowest BCUT2D eigenvalue weighted by molar-refractivity contribution is -0.121. The van der Waals surface area contributed by atoms with Gasteiger partial charge in [-0.05, 0) is 38.8 Å². The maximum absolute atomic E-state index is 11.4. The van der Waals surface area contributed by atoms with E-state index in [1.807, 2.05) is 0 Å². The van der Waals surface area contributed by atoms with E-state index in [4.69, 9.17) is 0 Å². The molecule has 1 aliphatic heterocycles. The van der Waals surface area contributed by atoms with Crippen LogP contribution in [0.2, 0.25) is 0 Å². The highest BCUT2D eigenvalue weighted by Gasteiger charge is 2.10. The van der Waals surface area contributed by atoms with Crippen LogP contribution in [0.25, 0.3) is 0 Å². The predicted molar refractivity (Wildman–Crippen MR) is 70.9 cm³/mol. The van der Waals surface area contributed by atoms with Crippen molar-refractivity contribution in [2.45, 2.75) is 38.5 Å². The minimum atomic E-state index is 0.216. The first-order valence-electron chi connectivity index (χ1n) is 6.38. The van der Waals surface area contributed by atoms with Crippen LogP contribution in [0.5, 0.6) is 0 Å². The van der Waals surface area contributed by atoms with E-state index in [0.717, 1.165) is 31.3 Å². The number of hydrogen-bond donors (Lipinski definition) is 1. The Morgan fingerprint density at radius 2 is 1.94 bits per heavy atom. The third kappa shape index (κ3) is 6.48. The molecule has 4 heteroatoms. The number of likely N-dealkylation sites (tertiary alicyclic amines) is 1. The Balaban J connectivity index is 1.89. The number of halogens is 1. The van der Waals surface area contributed by atoms with Crippen molar-refractivity contribution in [1.29, 1.82) is 0 Å². The Hall–Kier alpha value is -0.0900. The van der Waals surface area contributed by atoms with Crippen LogP contribution in [0.3, 0.4) is 0 Å². The number of rotatable bonds is 8. The monoisotopic (exact) mass is 290 g/mol. The van der Waals surface area contributed by atoms with Crippen molar-refractivity contribution in [3.8, 4) is 0 Å². The molecule has 0 radical (unpaired) electrons. The van der Waals surface area contributed by atoms with E-state index in [1.54, 1.807) is 0 Å². The van der Waals surface area contributed by atoms with Crippen LogP contribution in [0.4, 0.5) is 0 Å². The number of nitrogens with zero attached hydrogens (tertiary/aromatic N) is 1. The molecule has 1 rings (SSSR count). The molecule has 1 heterocycles. The number of nitrogens with one attached hydrogen (secondary N) is 1. The summed E-state index contributed by atoms with van der Waals surface area (Å²) in [5, 5.41) is 4.04. The van der Waals surface area contributed by atoms with Crippen molar-refractivity contribution >= 4 is 21.8 Å². The van der Waals surface area contributed by atoms with Crippen LogP contribution >= 0.6 is 15.9 Å². The summed E-state index contributed by atoms with van der Waals surface area (Å²) in [6.45, 7) is 4.26. The number of unbranched alkanes of at least 4 members (excludes halogenated alkanes) is 2. The number of amides is 1. The molecular formula is C12H23BrN2O. The summed E-state index contributed by atoms with van der Waals surface area (Å²) in [7, 11) is 0. The molecule has 0 aromatic rings. The highest BCUT2D eigenvalue weighted by Crippen LogP contribution is 2.05. The molecule has 0 spiro atoms. The molecule has 1 N–H and O–H groups in total. The third-order valence-electron chi connectivity index (χ3n) is 2.99. The van der Waals surface area contributed by atoms with Gasteiger partial charge in [0, 0.05) is 24.8 Å². The van der Waals surface area contributed by atoms with E-state index in [1.165, 1.54) is 32.4 Å². The van der Waals surface area contributed by atoms with E-state index in [2.05, 4.69) is 26.1 Å². The fourth-order valence-corrected chi connectivity index (χ4v) is 2.40. The zero-order chi connectivity index (χ0) is 11.6. The molecule has 1 aliphatic rings. The zero-order valence-corrected chi connectivity index (χ0v) is 11.6. The summed E-state index contributed by atoms with van der Waals surface area (Å²) in [4.78, 5) is 13.9. The van der Waals surface area contributed by atoms with Crippen molar-refractivity contribution in [2.75, 3.05) is 31.5 Å². The van der Waals surface area contributed by atoms with Gasteiger partial charge in [0.25, 0.3) is 0 Å². The lowest BCUT2D eigenvalue weighted by Gasteiger charge is -2.14. The molecule has 94 valence electrons. The first kappa shape index (κ1) is 14.0. The van der Waals surface area contributed by atoms with Crippen molar-refractivity contribution < 1.29 is 4.79 Å². The number of carbonyl (C=O) groups excluding carboxylic acids is 1. The summed E-state index contributed by atoms with van der Waals surface area (Å²) >= 11 is 3.39. The average molecular weight is 291 g/mol. The second kappa shape index (κ2) is 8.99. The van der Waals surface area contributed by atoms with Gasteiger partial charge in [-0.25, -0.2) is 0 Å². The second-order valence-electron chi connectivity index (χ2n) is 4.40. The molecule has 1 fully saturated rings. The van der Waals surface area contributed by atoms with Gasteiger partial charge in [0.05, 0.1) is 0 Å². The SMILES string of the molecule is O=C(CCCCCBr)NCCN1CCCC1. The molecule has 0 bridgehead atoms. The third-order valence-corrected chi connectivity index (χ3v) is 3.55. The minimum absolute atomic E-state index is 0.216. The van der Waals surface area contributed by atoms with Crippen molar-refractivity contribution in [2.24, 2.45) is 0 Å². The van der Waals surface area contributed by atoms with Crippen molar-refractivity contribution in [1.82, 2.24) is 10.2 Å². The molecule has 0 unspecified atom stereocenters. The van der Waals surface area contributed by atoms with E-state index < -0.39 is 0 Å². The van der Waals surface area contributed by atoms with Gasteiger partial charge in [-0.2, -0.15) is 0 Å². The van der Waals surface area contributed by atoms with Crippen molar-refractivity contribution in [3.05, 3.63) is 0 Å². The average Bonchev–Trinajstić information content (AvgIpc) is 2.77. The Bertz CT molecular complexity index is 193. The number of carbonyl (C=O) groups is 1. The van der Waals surface area contributed by atoms with Gasteiger partial charge in [-0.3, -0.25) is 4.79 Å². The van der Waals surface area contributed by atoms with Gasteiger partial charge in [0.15, 0.2) is 0 Å². The van der Waals surface area contributed by atoms with Gasteiger partial charge in [-0.1, -0.05) is 22.4 Å². The van der Waals surface area contributed by atoms with Crippen molar-refractivity contribution in [3.63, 3.8) is 0 Å². The highest BCUT2D eigenvalue weighted by atomic mass is 79.9. The first-order valence-corrected chi connectivity index (χ1v) is 7.50. The maximum atomic E-state index is 11.4. The summed E-state index contributed by atoms with van der Waals surface area (Å²) < 4.78 is 0. The van der Waals surface area contributed by atoms with Crippen LogP contribution < -0.4 is 5.32 Å². The Kier molecular flexibility index (Phi) is 7.85.